The van der Waals surface area contributed by atoms with Gasteiger partial charge in [0.25, 0.3) is 0 Å². The molecule has 4 aromatic rings. The van der Waals surface area contributed by atoms with Crippen LogP contribution in [0, 0.1) is 13.8 Å². The van der Waals surface area contributed by atoms with Gasteiger partial charge >= 0.3 is 0 Å². The molecular formula is C18H18N4O2S3. The van der Waals surface area contributed by atoms with E-state index in [0.29, 0.717) is 23.7 Å². The summed E-state index contributed by atoms with van der Waals surface area (Å²) in [5.74, 6) is 0.703. The Kier molecular flexibility index (Phi) is 4.85. The van der Waals surface area contributed by atoms with Crippen molar-refractivity contribution in [3.8, 4) is 10.7 Å². The molecule has 0 aliphatic heterocycles. The van der Waals surface area contributed by atoms with E-state index in [1.165, 1.54) is 11.3 Å². The molecule has 0 fully saturated rings. The van der Waals surface area contributed by atoms with Crippen LogP contribution in [0.2, 0.25) is 0 Å². The number of benzene rings is 1. The van der Waals surface area contributed by atoms with Crippen molar-refractivity contribution in [1.29, 1.82) is 0 Å². The second-order valence-corrected chi connectivity index (χ2v) is 9.78. The monoisotopic (exact) mass is 418 g/mol. The van der Waals surface area contributed by atoms with Gasteiger partial charge in [0.05, 0.1) is 15.5 Å². The summed E-state index contributed by atoms with van der Waals surface area (Å²) in [6.07, 6.45) is 0.539. The van der Waals surface area contributed by atoms with Crippen LogP contribution in [0.25, 0.3) is 15.7 Å². The van der Waals surface area contributed by atoms with Gasteiger partial charge in [-0.1, -0.05) is 12.1 Å². The highest BCUT2D eigenvalue weighted by Gasteiger charge is 2.16. The molecule has 0 atom stereocenters. The average Bonchev–Trinajstić information content (AvgIpc) is 3.34. The molecule has 3 heterocycles. The fraction of sp³-hybridized carbons (Fsp3) is 0.222. The van der Waals surface area contributed by atoms with E-state index < -0.39 is 10.0 Å². The number of hydrogen-bond donors (Lipinski definition) is 1. The maximum Gasteiger partial charge on any atom is 0.240 e. The number of sulfonamides is 1. The predicted molar refractivity (Wildman–Crippen MR) is 109 cm³/mol. The Balaban J connectivity index is 1.48. The van der Waals surface area contributed by atoms with E-state index in [2.05, 4.69) is 14.8 Å². The summed E-state index contributed by atoms with van der Waals surface area (Å²) >= 11 is 3.10. The number of fused-ring (bicyclic) bond motifs is 1. The zero-order valence-electron chi connectivity index (χ0n) is 14.8. The van der Waals surface area contributed by atoms with Crippen LogP contribution in [0.1, 0.15) is 16.8 Å². The number of rotatable bonds is 6. The van der Waals surface area contributed by atoms with Crippen molar-refractivity contribution in [3.63, 3.8) is 0 Å². The van der Waals surface area contributed by atoms with Crippen LogP contribution in [0.15, 0.2) is 46.0 Å². The third-order valence-corrected chi connectivity index (χ3v) is 7.54. The lowest BCUT2D eigenvalue weighted by molar-refractivity contribution is 0.581. The maximum absolute atomic E-state index is 12.5. The first-order chi connectivity index (χ1) is 12.9. The molecule has 4 rings (SSSR count). The minimum Gasteiger partial charge on any atom is -0.211 e. The van der Waals surface area contributed by atoms with Gasteiger partial charge in [-0.25, -0.2) is 17.7 Å². The van der Waals surface area contributed by atoms with Gasteiger partial charge in [-0.05, 0) is 48.6 Å². The number of thiazole rings is 1. The summed E-state index contributed by atoms with van der Waals surface area (Å²) in [4.78, 5) is 6.66. The molecule has 0 unspecified atom stereocenters. The molecule has 0 aliphatic rings. The highest BCUT2D eigenvalue weighted by Crippen LogP contribution is 2.24. The van der Waals surface area contributed by atoms with Gasteiger partial charge in [0.1, 0.15) is 0 Å². The van der Waals surface area contributed by atoms with Crippen LogP contribution in [0.4, 0.5) is 0 Å². The fourth-order valence-corrected chi connectivity index (χ4v) is 5.31. The molecule has 0 radical (unpaired) electrons. The predicted octanol–water partition coefficient (Wildman–Crippen LogP) is 3.66. The Morgan fingerprint density at radius 1 is 1.15 bits per heavy atom. The second kappa shape index (κ2) is 7.16. The summed E-state index contributed by atoms with van der Waals surface area (Å²) in [6, 6.07) is 9.12. The van der Waals surface area contributed by atoms with Crippen LogP contribution in [0.3, 0.4) is 0 Å². The van der Waals surface area contributed by atoms with Gasteiger partial charge < -0.3 is 0 Å². The number of aromatic nitrogens is 3. The molecular weight excluding hydrogens is 400 g/mol. The lowest BCUT2D eigenvalue weighted by Crippen LogP contribution is -2.26. The first kappa shape index (κ1) is 18.3. The van der Waals surface area contributed by atoms with Crippen molar-refractivity contribution in [2.45, 2.75) is 25.2 Å². The van der Waals surface area contributed by atoms with Crippen molar-refractivity contribution in [3.05, 3.63) is 57.9 Å². The molecule has 3 aromatic heterocycles. The lowest BCUT2D eigenvalue weighted by Gasteiger charge is -2.08. The van der Waals surface area contributed by atoms with Gasteiger partial charge in [-0.2, -0.15) is 4.98 Å². The Hall–Kier alpha value is -2.07. The molecule has 0 spiro atoms. The quantitative estimate of drug-likeness (QED) is 0.518. The van der Waals surface area contributed by atoms with Crippen LogP contribution < -0.4 is 4.72 Å². The Morgan fingerprint density at radius 2 is 2.00 bits per heavy atom. The van der Waals surface area contributed by atoms with Gasteiger partial charge in [0.2, 0.25) is 15.0 Å². The SMILES string of the molecule is Cc1ccc(S(=O)(=O)NCCc2csc3nc(-c4cccs4)nn23)cc1C. The van der Waals surface area contributed by atoms with Crippen LogP contribution in [-0.4, -0.2) is 29.6 Å². The minimum absolute atomic E-state index is 0.293. The molecule has 9 heteroatoms. The summed E-state index contributed by atoms with van der Waals surface area (Å²) in [7, 11) is -3.53. The Labute approximate surface area is 165 Å². The highest BCUT2D eigenvalue weighted by molar-refractivity contribution is 7.89. The average molecular weight is 419 g/mol. The molecule has 0 aliphatic carbocycles. The van der Waals surface area contributed by atoms with Crippen molar-refractivity contribution in [2.75, 3.05) is 6.54 Å². The minimum atomic E-state index is -3.53. The molecule has 0 saturated carbocycles. The normalized spacial score (nSPS) is 12.1. The lowest BCUT2D eigenvalue weighted by atomic mass is 10.1. The first-order valence-corrected chi connectivity index (χ1v) is 11.6. The van der Waals surface area contributed by atoms with Crippen LogP contribution in [-0.2, 0) is 16.4 Å². The molecule has 140 valence electrons. The second-order valence-electron chi connectivity index (χ2n) is 6.23. The van der Waals surface area contributed by atoms with E-state index in [4.69, 9.17) is 0 Å². The van der Waals surface area contributed by atoms with Gasteiger partial charge in [0, 0.05) is 18.3 Å². The summed E-state index contributed by atoms with van der Waals surface area (Å²) in [6.45, 7) is 4.17. The number of nitrogens with one attached hydrogen (secondary N) is 1. The number of hydrogen-bond acceptors (Lipinski definition) is 6. The van der Waals surface area contributed by atoms with Crippen LogP contribution in [0.5, 0.6) is 0 Å². The largest absolute Gasteiger partial charge is 0.240 e. The summed E-state index contributed by atoms with van der Waals surface area (Å²) in [5.41, 5.74) is 2.97. The van der Waals surface area contributed by atoms with Gasteiger partial charge in [-0.15, -0.1) is 27.8 Å². The van der Waals surface area contributed by atoms with Crippen LogP contribution >= 0.6 is 22.7 Å². The summed E-state index contributed by atoms with van der Waals surface area (Å²) < 4.78 is 29.5. The van der Waals surface area contributed by atoms with E-state index in [9.17, 15) is 8.42 Å². The van der Waals surface area contributed by atoms with Crippen molar-refractivity contribution in [2.24, 2.45) is 0 Å². The van der Waals surface area contributed by atoms with E-state index in [0.717, 1.165) is 26.7 Å². The summed E-state index contributed by atoms with van der Waals surface area (Å²) in [5, 5.41) is 8.52. The molecule has 1 N–H and O–H groups in total. The van der Waals surface area contributed by atoms with E-state index in [-0.39, 0.29) is 0 Å². The molecule has 0 amide bonds. The molecule has 6 nitrogen and oxygen atoms in total. The van der Waals surface area contributed by atoms with Crippen molar-refractivity contribution >= 4 is 37.7 Å². The standard InChI is InChI=1S/C18H18N4O2S3/c1-12-5-6-15(10-13(12)2)27(23,24)19-8-7-14-11-26-18-20-17(21-22(14)18)16-4-3-9-25-16/h3-6,9-11,19H,7-8H2,1-2H3. The number of nitrogens with zero attached hydrogens (tertiary/aromatic N) is 3. The third kappa shape index (κ3) is 3.68. The fourth-order valence-electron chi connectivity index (χ4n) is 2.68. The Morgan fingerprint density at radius 3 is 2.74 bits per heavy atom. The number of thiophene rings is 1. The van der Waals surface area contributed by atoms with E-state index >= 15 is 0 Å². The zero-order valence-corrected chi connectivity index (χ0v) is 17.3. The maximum atomic E-state index is 12.5. The third-order valence-electron chi connectivity index (χ3n) is 4.35. The molecule has 27 heavy (non-hydrogen) atoms. The van der Waals surface area contributed by atoms with E-state index in [1.54, 1.807) is 28.0 Å². The Bertz CT molecular complexity index is 1190. The first-order valence-electron chi connectivity index (χ1n) is 8.38. The van der Waals surface area contributed by atoms with Crippen molar-refractivity contribution in [1.82, 2.24) is 19.3 Å². The van der Waals surface area contributed by atoms with Gasteiger partial charge in [0.15, 0.2) is 5.82 Å². The molecule has 1 aromatic carbocycles. The number of aryl methyl sites for hydroxylation is 2. The molecule has 0 saturated heterocycles. The topological polar surface area (TPSA) is 76.4 Å². The zero-order chi connectivity index (χ0) is 19.0. The van der Waals surface area contributed by atoms with Gasteiger partial charge in [-0.3, -0.25) is 0 Å². The van der Waals surface area contributed by atoms with E-state index in [1.807, 2.05) is 42.8 Å². The highest BCUT2D eigenvalue weighted by atomic mass is 32.2. The van der Waals surface area contributed by atoms with Crippen molar-refractivity contribution < 1.29 is 8.42 Å². The smallest absolute Gasteiger partial charge is 0.211 e. The molecule has 0 bridgehead atoms.